The summed E-state index contributed by atoms with van der Waals surface area (Å²) in [6, 6.07) is 7.47. The average molecular weight is 333 g/mol. The molecule has 1 N–H and O–H groups in total. The highest BCUT2D eigenvalue weighted by molar-refractivity contribution is 7.07. The third-order valence-corrected chi connectivity index (χ3v) is 4.37. The van der Waals surface area contributed by atoms with Crippen LogP contribution >= 0.6 is 11.3 Å². The lowest BCUT2D eigenvalue weighted by molar-refractivity contribution is -0.121. The number of halogens is 1. The van der Waals surface area contributed by atoms with Crippen LogP contribution in [0.3, 0.4) is 0 Å². The van der Waals surface area contributed by atoms with Crippen LogP contribution < -0.4 is 10.2 Å². The molecule has 3 amide bonds. The third kappa shape index (κ3) is 3.68. The lowest BCUT2D eigenvalue weighted by Crippen LogP contribution is -2.39. The van der Waals surface area contributed by atoms with Crippen molar-refractivity contribution in [3.8, 4) is 0 Å². The second kappa shape index (κ2) is 6.78. The summed E-state index contributed by atoms with van der Waals surface area (Å²) >= 11 is 1.57. The number of nitrogens with one attached hydrogen (secondary N) is 1. The first kappa shape index (κ1) is 15.5. The van der Waals surface area contributed by atoms with Crippen LogP contribution in [-0.4, -0.2) is 36.5 Å². The van der Waals surface area contributed by atoms with E-state index in [4.69, 9.17) is 0 Å². The highest BCUT2D eigenvalue weighted by Crippen LogP contribution is 2.20. The number of benzene rings is 1. The Morgan fingerprint density at radius 2 is 2.00 bits per heavy atom. The number of amides is 3. The highest BCUT2D eigenvalue weighted by Gasteiger charge is 2.30. The van der Waals surface area contributed by atoms with Gasteiger partial charge in [-0.15, -0.1) is 0 Å². The molecule has 0 atom stereocenters. The van der Waals surface area contributed by atoms with E-state index in [-0.39, 0.29) is 24.3 Å². The van der Waals surface area contributed by atoms with Crippen molar-refractivity contribution in [1.82, 2.24) is 10.2 Å². The van der Waals surface area contributed by atoms with Crippen molar-refractivity contribution in [2.24, 2.45) is 0 Å². The maximum Gasteiger partial charge on any atom is 0.325 e. The Kier molecular flexibility index (Phi) is 4.57. The zero-order valence-corrected chi connectivity index (χ0v) is 13.2. The minimum atomic E-state index is -0.343. The molecule has 0 bridgehead atoms. The fourth-order valence-corrected chi connectivity index (χ4v) is 3.08. The standard InChI is InChI=1S/C16H16FN3O2S/c17-13-1-3-14(4-2-13)20-7-6-19(16(20)22)10-15(21)18-9-12-5-8-23-11-12/h1-5,8,11H,6-7,9-10H2,(H,18,21). The van der Waals surface area contributed by atoms with Gasteiger partial charge < -0.3 is 10.2 Å². The monoisotopic (exact) mass is 333 g/mol. The van der Waals surface area contributed by atoms with Crippen LogP contribution in [0.5, 0.6) is 0 Å². The average Bonchev–Trinajstić information content (AvgIpc) is 3.18. The number of rotatable bonds is 5. The van der Waals surface area contributed by atoms with Crippen molar-refractivity contribution >= 4 is 29.0 Å². The fourth-order valence-electron chi connectivity index (χ4n) is 2.41. The van der Waals surface area contributed by atoms with Crippen molar-refractivity contribution in [1.29, 1.82) is 0 Å². The van der Waals surface area contributed by atoms with Crippen LogP contribution in [0, 0.1) is 5.82 Å². The molecule has 2 aromatic rings. The Labute approximate surface area is 137 Å². The molecule has 120 valence electrons. The van der Waals surface area contributed by atoms with Gasteiger partial charge in [0.1, 0.15) is 12.4 Å². The summed E-state index contributed by atoms with van der Waals surface area (Å²) in [6.07, 6.45) is 0. The summed E-state index contributed by atoms with van der Waals surface area (Å²) in [7, 11) is 0. The molecule has 1 aromatic carbocycles. The maximum absolute atomic E-state index is 13.0. The van der Waals surface area contributed by atoms with Crippen molar-refractivity contribution in [3.05, 3.63) is 52.5 Å². The predicted octanol–water partition coefficient (Wildman–Crippen LogP) is 2.45. The number of carbonyl (C=O) groups excluding carboxylic acids is 2. The Bertz CT molecular complexity index is 688. The summed E-state index contributed by atoms with van der Waals surface area (Å²) in [5.74, 6) is -0.532. The van der Waals surface area contributed by atoms with E-state index in [0.717, 1.165) is 5.56 Å². The molecule has 1 fully saturated rings. The van der Waals surface area contributed by atoms with Crippen LogP contribution in [0.25, 0.3) is 0 Å². The Balaban J connectivity index is 1.54. The van der Waals surface area contributed by atoms with Crippen LogP contribution in [0.4, 0.5) is 14.9 Å². The zero-order chi connectivity index (χ0) is 16.2. The minimum absolute atomic E-state index is 0.0284. The zero-order valence-electron chi connectivity index (χ0n) is 12.4. The molecule has 7 heteroatoms. The van der Waals surface area contributed by atoms with Gasteiger partial charge in [0.25, 0.3) is 0 Å². The van der Waals surface area contributed by atoms with Gasteiger partial charge in [0, 0.05) is 25.3 Å². The molecule has 3 rings (SSSR count). The van der Waals surface area contributed by atoms with Gasteiger partial charge in [-0.1, -0.05) is 0 Å². The number of anilines is 1. The fraction of sp³-hybridized carbons (Fsp3) is 0.250. The molecule has 0 unspecified atom stereocenters. The molecule has 0 spiro atoms. The molecule has 2 heterocycles. The lowest BCUT2D eigenvalue weighted by Gasteiger charge is -2.18. The Morgan fingerprint density at radius 1 is 1.22 bits per heavy atom. The third-order valence-electron chi connectivity index (χ3n) is 3.64. The summed E-state index contributed by atoms with van der Waals surface area (Å²) in [6.45, 7) is 1.46. The van der Waals surface area contributed by atoms with Gasteiger partial charge in [-0.25, -0.2) is 9.18 Å². The van der Waals surface area contributed by atoms with Gasteiger partial charge in [-0.05, 0) is 46.7 Å². The molecular weight excluding hydrogens is 317 g/mol. The smallest absolute Gasteiger partial charge is 0.325 e. The van der Waals surface area contributed by atoms with Gasteiger partial charge in [0.15, 0.2) is 0 Å². The summed E-state index contributed by atoms with van der Waals surface area (Å²) < 4.78 is 13.0. The molecule has 23 heavy (non-hydrogen) atoms. The van der Waals surface area contributed by atoms with E-state index < -0.39 is 0 Å². The molecule has 0 saturated carbocycles. The van der Waals surface area contributed by atoms with Crippen LogP contribution in [0.15, 0.2) is 41.1 Å². The molecule has 1 aromatic heterocycles. The number of nitrogens with zero attached hydrogens (tertiary/aromatic N) is 2. The van der Waals surface area contributed by atoms with Crippen LogP contribution in [0.1, 0.15) is 5.56 Å². The number of thiophene rings is 1. The van der Waals surface area contributed by atoms with Gasteiger partial charge in [-0.2, -0.15) is 11.3 Å². The molecule has 0 radical (unpaired) electrons. The van der Waals surface area contributed by atoms with Gasteiger partial charge >= 0.3 is 6.03 Å². The van der Waals surface area contributed by atoms with E-state index in [1.54, 1.807) is 28.4 Å². The van der Waals surface area contributed by atoms with Crippen molar-refractivity contribution in [3.63, 3.8) is 0 Å². The molecule has 1 saturated heterocycles. The summed E-state index contributed by atoms with van der Waals surface area (Å²) in [5.41, 5.74) is 1.68. The van der Waals surface area contributed by atoms with E-state index in [0.29, 0.717) is 25.3 Å². The van der Waals surface area contributed by atoms with E-state index >= 15 is 0 Å². The van der Waals surface area contributed by atoms with Crippen LogP contribution in [0.2, 0.25) is 0 Å². The molecule has 1 aliphatic rings. The summed E-state index contributed by atoms with van der Waals surface area (Å²) in [5, 5.41) is 6.72. The van der Waals surface area contributed by atoms with E-state index in [1.165, 1.54) is 17.0 Å². The predicted molar refractivity (Wildman–Crippen MR) is 86.9 cm³/mol. The summed E-state index contributed by atoms with van der Waals surface area (Å²) in [4.78, 5) is 27.3. The van der Waals surface area contributed by atoms with Crippen molar-refractivity contribution in [2.45, 2.75) is 6.54 Å². The lowest BCUT2D eigenvalue weighted by atomic mass is 10.3. The topological polar surface area (TPSA) is 52.7 Å². The Hall–Kier alpha value is -2.41. The second-order valence-corrected chi connectivity index (χ2v) is 6.02. The van der Waals surface area contributed by atoms with E-state index in [9.17, 15) is 14.0 Å². The number of hydrogen-bond acceptors (Lipinski definition) is 3. The first-order chi connectivity index (χ1) is 11.1. The number of carbonyl (C=O) groups is 2. The largest absolute Gasteiger partial charge is 0.350 e. The Morgan fingerprint density at radius 3 is 2.70 bits per heavy atom. The minimum Gasteiger partial charge on any atom is -0.350 e. The highest BCUT2D eigenvalue weighted by atomic mass is 32.1. The molecule has 0 aliphatic carbocycles. The quantitative estimate of drug-likeness (QED) is 0.914. The second-order valence-electron chi connectivity index (χ2n) is 5.24. The normalized spacial score (nSPS) is 14.4. The number of hydrogen-bond donors (Lipinski definition) is 1. The van der Waals surface area contributed by atoms with Gasteiger partial charge in [-0.3, -0.25) is 9.69 Å². The van der Waals surface area contributed by atoms with Crippen molar-refractivity contribution < 1.29 is 14.0 Å². The van der Waals surface area contributed by atoms with Gasteiger partial charge in [0.2, 0.25) is 5.91 Å². The first-order valence-electron chi connectivity index (χ1n) is 7.23. The first-order valence-corrected chi connectivity index (χ1v) is 8.17. The van der Waals surface area contributed by atoms with Gasteiger partial charge in [0.05, 0.1) is 0 Å². The molecule has 1 aliphatic heterocycles. The van der Waals surface area contributed by atoms with Crippen LogP contribution in [-0.2, 0) is 11.3 Å². The number of urea groups is 1. The molecular formula is C16H16FN3O2S. The maximum atomic E-state index is 13.0. The van der Waals surface area contributed by atoms with Crippen molar-refractivity contribution in [2.75, 3.05) is 24.5 Å². The SMILES string of the molecule is O=C(CN1CCN(c2ccc(F)cc2)C1=O)NCc1ccsc1. The van der Waals surface area contributed by atoms with E-state index in [2.05, 4.69) is 5.32 Å². The van der Waals surface area contributed by atoms with E-state index in [1.807, 2.05) is 16.8 Å². The molecule has 5 nitrogen and oxygen atoms in total.